The first-order valence-electron chi connectivity index (χ1n) is 5.01. The fourth-order valence-corrected chi connectivity index (χ4v) is 2.13. The topological polar surface area (TPSA) is 3.24 Å². The van der Waals surface area contributed by atoms with E-state index in [0.717, 1.165) is 17.9 Å². The molecule has 1 saturated carbocycles. The van der Waals surface area contributed by atoms with Crippen LogP contribution in [-0.4, -0.2) is 24.0 Å². The van der Waals surface area contributed by atoms with Crippen LogP contribution in [0.15, 0.2) is 0 Å². The molecule has 0 spiro atoms. The van der Waals surface area contributed by atoms with Crippen molar-refractivity contribution in [1.82, 2.24) is 4.90 Å². The predicted octanol–water partition coefficient (Wildman–Crippen LogP) is 2.13. The maximum Gasteiger partial charge on any atom is 0.00965 e. The highest BCUT2D eigenvalue weighted by Crippen LogP contribution is 2.33. The predicted molar refractivity (Wildman–Crippen MR) is 47.5 cm³/mol. The number of hydrogen-bond donors (Lipinski definition) is 0. The summed E-state index contributed by atoms with van der Waals surface area (Å²) < 4.78 is 0. The van der Waals surface area contributed by atoms with Crippen LogP contribution in [0, 0.1) is 11.8 Å². The molecule has 2 fully saturated rings. The second-order valence-corrected chi connectivity index (χ2v) is 4.52. The summed E-state index contributed by atoms with van der Waals surface area (Å²) in [6.07, 6.45) is 4.41. The zero-order valence-electron chi connectivity index (χ0n) is 7.71. The highest BCUT2D eigenvalue weighted by atomic mass is 15.2. The standard InChI is InChI=1S/C10H19N/c1-8(2)9-5-6-11(7-9)10-3-4-10/h8-10H,3-7H2,1-2H3/t9-/m0/s1. The lowest BCUT2D eigenvalue weighted by atomic mass is 9.95. The lowest BCUT2D eigenvalue weighted by Crippen LogP contribution is -2.23. The van der Waals surface area contributed by atoms with Crippen LogP contribution in [0.25, 0.3) is 0 Å². The van der Waals surface area contributed by atoms with Gasteiger partial charge in [0.15, 0.2) is 0 Å². The molecule has 1 aliphatic carbocycles. The average Bonchev–Trinajstić information content (AvgIpc) is 2.68. The molecule has 1 saturated heterocycles. The van der Waals surface area contributed by atoms with E-state index in [9.17, 15) is 0 Å². The van der Waals surface area contributed by atoms with Crippen molar-refractivity contribution in [3.05, 3.63) is 0 Å². The van der Waals surface area contributed by atoms with Gasteiger partial charge in [0.05, 0.1) is 0 Å². The Morgan fingerprint density at radius 3 is 2.36 bits per heavy atom. The van der Waals surface area contributed by atoms with E-state index >= 15 is 0 Å². The molecule has 1 atom stereocenters. The van der Waals surface area contributed by atoms with Crippen molar-refractivity contribution in [1.29, 1.82) is 0 Å². The van der Waals surface area contributed by atoms with Crippen LogP contribution in [0.4, 0.5) is 0 Å². The summed E-state index contributed by atoms with van der Waals surface area (Å²) in [6.45, 7) is 7.50. The third-order valence-electron chi connectivity index (χ3n) is 3.26. The van der Waals surface area contributed by atoms with Crippen molar-refractivity contribution in [3.8, 4) is 0 Å². The number of rotatable bonds is 2. The van der Waals surface area contributed by atoms with Crippen LogP contribution >= 0.6 is 0 Å². The molecule has 0 N–H and O–H groups in total. The molecule has 0 radical (unpaired) electrons. The quantitative estimate of drug-likeness (QED) is 0.587. The molecule has 0 amide bonds. The van der Waals surface area contributed by atoms with E-state index in [4.69, 9.17) is 0 Å². The average molecular weight is 153 g/mol. The number of likely N-dealkylation sites (tertiary alicyclic amines) is 1. The fourth-order valence-electron chi connectivity index (χ4n) is 2.13. The minimum Gasteiger partial charge on any atom is -0.300 e. The summed E-state index contributed by atoms with van der Waals surface area (Å²) in [4.78, 5) is 2.70. The Labute approximate surface area is 69.8 Å². The first-order valence-corrected chi connectivity index (χ1v) is 5.01. The molecule has 0 aromatic rings. The van der Waals surface area contributed by atoms with Gasteiger partial charge in [-0.1, -0.05) is 13.8 Å². The largest absolute Gasteiger partial charge is 0.300 e. The fraction of sp³-hybridized carbons (Fsp3) is 1.00. The Morgan fingerprint density at radius 2 is 1.91 bits per heavy atom. The molecule has 2 aliphatic rings. The molecule has 0 bridgehead atoms. The minimum atomic E-state index is 0.902. The number of hydrogen-bond acceptors (Lipinski definition) is 1. The first kappa shape index (κ1) is 7.60. The highest BCUT2D eigenvalue weighted by molar-refractivity contribution is 4.89. The zero-order chi connectivity index (χ0) is 7.84. The van der Waals surface area contributed by atoms with E-state index in [-0.39, 0.29) is 0 Å². The molecule has 1 aliphatic heterocycles. The van der Waals surface area contributed by atoms with Crippen molar-refractivity contribution >= 4 is 0 Å². The normalized spacial score (nSPS) is 33.5. The summed E-state index contributed by atoms with van der Waals surface area (Å²) >= 11 is 0. The van der Waals surface area contributed by atoms with Gasteiger partial charge < -0.3 is 4.90 Å². The van der Waals surface area contributed by atoms with Gasteiger partial charge >= 0.3 is 0 Å². The van der Waals surface area contributed by atoms with Crippen molar-refractivity contribution in [3.63, 3.8) is 0 Å². The zero-order valence-corrected chi connectivity index (χ0v) is 7.71. The molecule has 64 valence electrons. The van der Waals surface area contributed by atoms with Crippen LogP contribution in [0.2, 0.25) is 0 Å². The summed E-state index contributed by atoms with van der Waals surface area (Å²) in [5, 5.41) is 0. The lowest BCUT2D eigenvalue weighted by molar-refractivity contribution is 0.295. The second-order valence-electron chi connectivity index (χ2n) is 4.52. The summed E-state index contributed by atoms with van der Waals surface area (Å²) in [6, 6.07) is 0.999. The Bertz CT molecular complexity index is 130. The van der Waals surface area contributed by atoms with E-state index in [1.807, 2.05) is 0 Å². The van der Waals surface area contributed by atoms with Gasteiger partial charge in [-0.3, -0.25) is 0 Å². The molecular formula is C10H19N. The molecule has 11 heavy (non-hydrogen) atoms. The summed E-state index contributed by atoms with van der Waals surface area (Å²) in [5.74, 6) is 1.90. The monoisotopic (exact) mass is 153 g/mol. The van der Waals surface area contributed by atoms with Gasteiger partial charge in [-0.2, -0.15) is 0 Å². The van der Waals surface area contributed by atoms with Crippen molar-refractivity contribution in [2.24, 2.45) is 11.8 Å². The summed E-state index contributed by atoms with van der Waals surface area (Å²) in [5.41, 5.74) is 0. The van der Waals surface area contributed by atoms with Gasteiger partial charge in [-0.05, 0) is 37.6 Å². The van der Waals surface area contributed by atoms with Gasteiger partial charge in [0.2, 0.25) is 0 Å². The maximum atomic E-state index is 2.70. The molecule has 0 aromatic carbocycles. The Morgan fingerprint density at radius 1 is 1.18 bits per heavy atom. The van der Waals surface area contributed by atoms with Crippen molar-refractivity contribution in [2.75, 3.05) is 13.1 Å². The van der Waals surface area contributed by atoms with Gasteiger partial charge in [-0.15, -0.1) is 0 Å². The molecule has 0 aromatic heterocycles. The minimum absolute atomic E-state index is 0.902. The molecular weight excluding hydrogens is 134 g/mol. The second kappa shape index (κ2) is 2.78. The first-order chi connectivity index (χ1) is 5.27. The lowest BCUT2D eigenvalue weighted by Gasteiger charge is -2.16. The highest BCUT2D eigenvalue weighted by Gasteiger charge is 2.34. The van der Waals surface area contributed by atoms with Crippen molar-refractivity contribution in [2.45, 2.75) is 39.2 Å². The van der Waals surface area contributed by atoms with E-state index in [2.05, 4.69) is 18.7 Å². The third-order valence-corrected chi connectivity index (χ3v) is 3.26. The van der Waals surface area contributed by atoms with E-state index in [0.29, 0.717) is 0 Å². The van der Waals surface area contributed by atoms with Crippen LogP contribution in [0.5, 0.6) is 0 Å². The molecule has 2 rings (SSSR count). The molecule has 1 heteroatoms. The van der Waals surface area contributed by atoms with E-state index in [1.165, 1.54) is 32.4 Å². The third kappa shape index (κ3) is 1.58. The maximum absolute atomic E-state index is 2.70. The van der Waals surface area contributed by atoms with Crippen LogP contribution in [-0.2, 0) is 0 Å². The Kier molecular flexibility index (Phi) is 1.92. The molecule has 0 unspecified atom stereocenters. The van der Waals surface area contributed by atoms with Crippen molar-refractivity contribution < 1.29 is 0 Å². The smallest absolute Gasteiger partial charge is 0.00965 e. The van der Waals surface area contributed by atoms with Gasteiger partial charge in [0.25, 0.3) is 0 Å². The van der Waals surface area contributed by atoms with Gasteiger partial charge in [-0.25, -0.2) is 0 Å². The summed E-state index contributed by atoms with van der Waals surface area (Å²) in [7, 11) is 0. The number of nitrogens with zero attached hydrogens (tertiary/aromatic N) is 1. The van der Waals surface area contributed by atoms with Gasteiger partial charge in [0, 0.05) is 12.6 Å². The SMILES string of the molecule is CC(C)[C@H]1CCN(C2CC2)C1. The van der Waals surface area contributed by atoms with E-state index < -0.39 is 0 Å². The van der Waals surface area contributed by atoms with E-state index in [1.54, 1.807) is 0 Å². The Balaban J connectivity index is 1.82. The van der Waals surface area contributed by atoms with Gasteiger partial charge in [0.1, 0.15) is 0 Å². The van der Waals surface area contributed by atoms with Crippen LogP contribution < -0.4 is 0 Å². The molecule has 1 heterocycles. The molecule has 1 nitrogen and oxygen atoms in total. The Hall–Kier alpha value is -0.0400. The van der Waals surface area contributed by atoms with Crippen LogP contribution in [0.1, 0.15) is 33.1 Å². The van der Waals surface area contributed by atoms with Crippen LogP contribution in [0.3, 0.4) is 0 Å².